The van der Waals surface area contributed by atoms with Crippen molar-refractivity contribution in [1.29, 1.82) is 0 Å². The zero-order chi connectivity index (χ0) is 10.3. The van der Waals surface area contributed by atoms with E-state index < -0.39 is 0 Å². The molecule has 0 saturated heterocycles. The molecular formula is C9H16BrNO2. The number of rotatable bonds is 5. The average molecular weight is 250 g/mol. The minimum absolute atomic E-state index is 0.235. The Bertz CT molecular complexity index is 190. The molecule has 0 saturated carbocycles. The lowest BCUT2D eigenvalue weighted by atomic mass is 10.3. The van der Waals surface area contributed by atoms with Crippen molar-refractivity contribution < 1.29 is 9.53 Å². The van der Waals surface area contributed by atoms with E-state index in [4.69, 9.17) is 4.74 Å². The van der Waals surface area contributed by atoms with E-state index in [9.17, 15) is 4.79 Å². The van der Waals surface area contributed by atoms with E-state index in [0.29, 0.717) is 17.5 Å². The van der Waals surface area contributed by atoms with Crippen LogP contribution in [0.3, 0.4) is 0 Å². The van der Waals surface area contributed by atoms with Crippen LogP contribution >= 0.6 is 15.9 Å². The smallest absolute Gasteiger partial charge is 0.333 e. The first-order chi connectivity index (χ1) is 6.07. The SMILES string of the molecule is CC(=CCBr)C(=O)OCCN(C)C. The van der Waals surface area contributed by atoms with Crippen molar-refractivity contribution in [2.24, 2.45) is 0 Å². The van der Waals surface area contributed by atoms with Gasteiger partial charge in [0.25, 0.3) is 0 Å². The highest BCUT2D eigenvalue weighted by molar-refractivity contribution is 9.09. The van der Waals surface area contributed by atoms with Crippen LogP contribution in [0, 0.1) is 0 Å². The first kappa shape index (κ1) is 12.7. The van der Waals surface area contributed by atoms with Gasteiger partial charge in [0.05, 0.1) is 0 Å². The van der Waals surface area contributed by atoms with E-state index in [2.05, 4.69) is 15.9 Å². The summed E-state index contributed by atoms with van der Waals surface area (Å²) in [5.74, 6) is -0.235. The standard InChI is InChI=1S/C9H16BrNO2/c1-8(4-5-10)9(12)13-7-6-11(2)3/h4H,5-7H2,1-3H3. The van der Waals surface area contributed by atoms with Gasteiger partial charge in [-0.05, 0) is 21.0 Å². The molecule has 3 nitrogen and oxygen atoms in total. The fourth-order valence-electron chi connectivity index (χ4n) is 0.634. The second-order valence-electron chi connectivity index (χ2n) is 2.98. The first-order valence-corrected chi connectivity index (χ1v) is 5.24. The molecule has 76 valence electrons. The lowest BCUT2D eigenvalue weighted by molar-refractivity contribution is -0.139. The van der Waals surface area contributed by atoms with Gasteiger partial charge in [0.15, 0.2) is 0 Å². The summed E-state index contributed by atoms with van der Waals surface area (Å²) >= 11 is 3.22. The normalized spacial score (nSPS) is 11.9. The van der Waals surface area contributed by atoms with Gasteiger partial charge in [-0.25, -0.2) is 4.79 Å². The van der Waals surface area contributed by atoms with Gasteiger partial charge in [0.2, 0.25) is 0 Å². The highest BCUT2D eigenvalue weighted by Gasteiger charge is 2.04. The molecule has 13 heavy (non-hydrogen) atoms. The quantitative estimate of drug-likeness (QED) is 0.420. The van der Waals surface area contributed by atoms with Crippen LogP contribution in [-0.4, -0.2) is 43.4 Å². The number of ether oxygens (including phenoxy) is 1. The third-order valence-electron chi connectivity index (χ3n) is 1.48. The molecule has 0 rings (SSSR count). The van der Waals surface area contributed by atoms with Crippen LogP contribution in [-0.2, 0) is 9.53 Å². The minimum Gasteiger partial charge on any atom is -0.461 e. The number of alkyl halides is 1. The van der Waals surface area contributed by atoms with E-state index in [0.717, 1.165) is 6.54 Å². The van der Waals surface area contributed by atoms with Crippen molar-refractivity contribution in [3.8, 4) is 0 Å². The Hall–Kier alpha value is -0.350. The molecule has 0 atom stereocenters. The van der Waals surface area contributed by atoms with Crippen molar-refractivity contribution in [2.45, 2.75) is 6.92 Å². The maximum Gasteiger partial charge on any atom is 0.333 e. The van der Waals surface area contributed by atoms with Crippen LogP contribution in [0.25, 0.3) is 0 Å². The van der Waals surface area contributed by atoms with Crippen LogP contribution in [0.15, 0.2) is 11.6 Å². The molecule has 4 heteroatoms. The van der Waals surface area contributed by atoms with Crippen LogP contribution in [0.4, 0.5) is 0 Å². The molecule has 0 spiro atoms. The summed E-state index contributed by atoms with van der Waals surface area (Å²) in [5, 5.41) is 0.682. The Labute approximate surface area is 87.9 Å². The molecule has 0 heterocycles. The van der Waals surface area contributed by atoms with Crippen LogP contribution < -0.4 is 0 Å². The van der Waals surface area contributed by atoms with Crippen LogP contribution in [0.2, 0.25) is 0 Å². The molecule has 0 aromatic carbocycles. The van der Waals surface area contributed by atoms with Crippen LogP contribution in [0.1, 0.15) is 6.92 Å². The van der Waals surface area contributed by atoms with Gasteiger partial charge in [0, 0.05) is 17.4 Å². The number of allylic oxidation sites excluding steroid dienone is 1. The Kier molecular flexibility index (Phi) is 6.90. The highest BCUT2D eigenvalue weighted by Crippen LogP contribution is 1.98. The molecule has 0 unspecified atom stereocenters. The monoisotopic (exact) mass is 249 g/mol. The Morgan fingerprint density at radius 3 is 2.62 bits per heavy atom. The fraction of sp³-hybridized carbons (Fsp3) is 0.667. The summed E-state index contributed by atoms with van der Waals surface area (Å²) in [4.78, 5) is 13.2. The number of hydrogen-bond donors (Lipinski definition) is 0. The van der Waals surface area contributed by atoms with Gasteiger partial charge in [-0.3, -0.25) is 0 Å². The number of likely N-dealkylation sites (N-methyl/N-ethyl adjacent to an activating group) is 1. The number of halogens is 1. The first-order valence-electron chi connectivity index (χ1n) is 4.12. The largest absolute Gasteiger partial charge is 0.461 e. The molecule has 0 amide bonds. The summed E-state index contributed by atoms with van der Waals surface area (Å²) in [6, 6.07) is 0. The topological polar surface area (TPSA) is 29.5 Å². The van der Waals surface area contributed by atoms with Crippen molar-refractivity contribution in [1.82, 2.24) is 4.90 Å². The van der Waals surface area contributed by atoms with Gasteiger partial charge >= 0.3 is 5.97 Å². The Balaban J connectivity index is 3.69. The Morgan fingerprint density at radius 1 is 1.54 bits per heavy atom. The van der Waals surface area contributed by atoms with E-state index in [1.165, 1.54) is 0 Å². The zero-order valence-electron chi connectivity index (χ0n) is 8.34. The second kappa shape index (κ2) is 7.09. The molecule has 0 aliphatic carbocycles. The predicted octanol–water partition coefficient (Wildman–Crippen LogP) is 1.43. The molecule has 0 radical (unpaired) electrons. The summed E-state index contributed by atoms with van der Waals surface area (Å²) in [6.07, 6.45) is 1.79. The van der Waals surface area contributed by atoms with Crippen molar-refractivity contribution in [3.63, 3.8) is 0 Å². The van der Waals surface area contributed by atoms with E-state index >= 15 is 0 Å². The van der Waals surface area contributed by atoms with Gasteiger partial charge in [-0.1, -0.05) is 22.0 Å². The fourth-order valence-corrected chi connectivity index (χ4v) is 1.12. The number of carbonyl (C=O) groups excluding carboxylic acids is 1. The zero-order valence-corrected chi connectivity index (χ0v) is 9.93. The summed E-state index contributed by atoms with van der Waals surface area (Å²) < 4.78 is 5.00. The third kappa shape index (κ3) is 6.78. The number of nitrogens with zero attached hydrogens (tertiary/aromatic N) is 1. The molecule has 0 N–H and O–H groups in total. The van der Waals surface area contributed by atoms with E-state index in [-0.39, 0.29) is 5.97 Å². The third-order valence-corrected chi connectivity index (χ3v) is 1.80. The van der Waals surface area contributed by atoms with Gasteiger partial charge in [-0.2, -0.15) is 0 Å². The molecule has 0 aromatic rings. The molecule has 0 aliphatic heterocycles. The van der Waals surface area contributed by atoms with E-state index in [1.54, 1.807) is 13.0 Å². The molecular weight excluding hydrogens is 234 g/mol. The lowest BCUT2D eigenvalue weighted by Crippen LogP contribution is -2.20. The second-order valence-corrected chi connectivity index (χ2v) is 3.63. The van der Waals surface area contributed by atoms with Crippen molar-refractivity contribution >= 4 is 21.9 Å². The minimum atomic E-state index is -0.235. The van der Waals surface area contributed by atoms with Crippen LogP contribution in [0.5, 0.6) is 0 Å². The molecule has 0 fully saturated rings. The number of hydrogen-bond acceptors (Lipinski definition) is 3. The molecule has 0 bridgehead atoms. The maximum atomic E-state index is 11.2. The highest BCUT2D eigenvalue weighted by atomic mass is 79.9. The summed E-state index contributed by atoms with van der Waals surface area (Å²) in [5.41, 5.74) is 0.649. The average Bonchev–Trinajstić information content (AvgIpc) is 2.04. The maximum absolute atomic E-state index is 11.2. The Morgan fingerprint density at radius 2 is 2.15 bits per heavy atom. The predicted molar refractivity (Wildman–Crippen MR) is 57.1 cm³/mol. The van der Waals surface area contributed by atoms with E-state index in [1.807, 2.05) is 19.0 Å². The molecule has 0 aliphatic rings. The van der Waals surface area contributed by atoms with Crippen molar-refractivity contribution in [3.05, 3.63) is 11.6 Å². The summed E-state index contributed by atoms with van der Waals surface area (Å²) in [6.45, 7) is 2.95. The van der Waals surface area contributed by atoms with Gasteiger partial charge in [-0.15, -0.1) is 0 Å². The molecule has 0 aromatic heterocycles. The van der Waals surface area contributed by atoms with Gasteiger partial charge in [0.1, 0.15) is 6.61 Å². The number of carbonyl (C=O) groups is 1. The van der Waals surface area contributed by atoms with Gasteiger partial charge < -0.3 is 9.64 Å². The lowest BCUT2D eigenvalue weighted by Gasteiger charge is -2.09. The van der Waals surface area contributed by atoms with Crippen molar-refractivity contribution in [2.75, 3.05) is 32.6 Å². The summed E-state index contributed by atoms with van der Waals surface area (Å²) in [7, 11) is 3.88. The number of esters is 1.